The molecule has 0 bridgehead atoms. The topological polar surface area (TPSA) is 76.5 Å². The van der Waals surface area contributed by atoms with Crippen LogP contribution in [0, 0.1) is 0 Å². The summed E-state index contributed by atoms with van der Waals surface area (Å²) in [5, 5.41) is 3.92. The van der Waals surface area contributed by atoms with Gasteiger partial charge in [-0.15, -0.1) is 0 Å². The number of alkyl halides is 2. The normalized spacial score (nSPS) is 18.1. The number of anilines is 1. The van der Waals surface area contributed by atoms with Crippen molar-refractivity contribution in [2.24, 2.45) is 5.73 Å². The maximum atomic E-state index is 13.2. The molecular weight excluding hydrogens is 256 g/mol. The second-order valence-electron chi connectivity index (χ2n) is 4.50. The van der Waals surface area contributed by atoms with E-state index >= 15 is 0 Å². The Kier molecular flexibility index (Phi) is 2.41. The van der Waals surface area contributed by atoms with Crippen LogP contribution in [0.25, 0.3) is 5.65 Å². The van der Waals surface area contributed by atoms with Gasteiger partial charge in [0.25, 0.3) is 11.8 Å². The number of nitrogens with zero attached hydrogens (tertiary/aromatic N) is 4. The summed E-state index contributed by atoms with van der Waals surface area (Å²) >= 11 is 0. The highest BCUT2D eigenvalue weighted by Crippen LogP contribution is 2.30. The Hall–Kier alpha value is -2.25. The Labute approximate surface area is 106 Å². The first-order valence-corrected chi connectivity index (χ1v) is 5.73. The van der Waals surface area contributed by atoms with E-state index in [2.05, 4.69) is 10.1 Å². The predicted octanol–water partition coefficient (Wildman–Crippen LogP) is 0.674. The fourth-order valence-electron chi connectivity index (χ4n) is 2.14. The second kappa shape index (κ2) is 3.87. The van der Waals surface area contributed by atoms with E-state index in [1.54, 1.807) is 12.3 Å². The molecule has 0 unspecified atom stereocenters. The van der Waals surface area contributed by atoms with E-state index in [0.29, 0.717) is 5.82 Å². The van der Waals surface area contributed by atoms with E-state index in [1.165, 1.54) is 15.6 Å². The number of nitrogens with two attached hydrogens (primary N) is 1. The van der Waals surface area contributed by atoms with Crippen LogP contribution in [0.3, 0.4) is 0 Å². The highest BCUT2D eigenvalue weighted by atomic mass is 19.3. The summed E-state index contributed by atoms with van der Waals surface area (Å²) in [7, 11) is 0. The molecule has 0 radical (unpaired) electrons. The van der Waals surface area contributed by atoms with E-state index in [-0.39, 0.29) is 30.7 Å². The van der Waals surface area contributed by atoms with Gasteiger partial charge >= 0.3 is 0 Å². The molecule has 3 heterocycles. The van der Waals surface area contributed by atoms with E-state index in [9.17, 15) is 13.6 Å². The van der Waals surface area contributed by atoms with Crippen molar-refractivity contribution >= 4 is 17.4 Å². The first-order chi connectivity index (χ1) is 8.96. The lowest BCUT2D eigenvalue weighted by atomic mass is 10.3. The zero-order valence-corrected chi connectivity index (χ0v) is 9.88. The average molecular weight is 267 g/mol. The quantitative estimate of drug-likeness (QED) is 0.867. The summed E-state index contributed by atoms with van der Waals surface area (Å²) in [5.41, 5.74) is 5.66. The first-order valence-electron chi connectivity index (χ1n) is 5.73. The zero-order valence-electron chi connectivity index (χ0n) is 9.88. The van der Waals surface area contributed by atoms with Crippen LogP contribution in [0.5, 0.6) is 0 Å². The number of hydrogen-bond acceptors (Lipinski definition) is 4. The Morgan fingerprint density at radius 3 is 2.89 bits per heavy atom. The first kappa shape index (κ1) is 11.8. The van der Waals surface area contributed by atoms with Gasteiger partial charge in [0.15, 0.2) is 5.65 Å². The van der Waals surface area contributed by atoms with Gasteiger partial charge in [0.1, 0.15) is 11.4 Å². The lowest BCUT2D eigenvalue weighted by Crippen LogP contribution is -2.25. The standard InChI is InChI=1S/C11H11F2N5O/c12-11(13)2-4-17(6-11)8-1-3-18-10(16-8)7(5-15-18)9(14)19/h1,3,5H,2,4,6H2,(H2,14,19). The maximum Gasteiger partial charge on any atom is 0.266 e. The molecule has 6 nitrogen and oxygen atoms in total. The van der Waals surface area contributed by atoms with Gasteiger partial charge in [0.05, 0.1) is 12.7 Å². The smallest absolute Gasteiger partial charge is 0.266 e. The summed E-state index contributed by atoms with van der Waals surface area (Å²) in [4.78, 5) is 16.9. The predicted molar refractivity (Wildman–Crippen MR) is 63.3 cm³/mol. The van der Waals surface area contributed by atoms with Crippen LogP contribution < -0.4 is 10.6 Å². The summed E-state index contributed by atoms with van der Waals surface area (Å²) in [6, 6.07) is 1.59. The monoisotopic (exact) mass is 267 g/mol. The van der Waals surface area contributed by atoms with Crippen molar-refractivity contribution < 1.29 is 13.6 Å². The van der Waals surface area contributed by atoms with Crippen LogP contribution in [0.4, 0.5) is 14.6 Å². The molecule has 0 saturated carbocycles. The van der Waals surface area contributed by atoms with Gasteiger partial charge in [-0.25, -0.2) is 18.3 Å². The molecule has 0 aromatic carbocycles. The third-order valence-corrected chi connectivity index (χ3v) is 3.11. The molecule has 1 amide bonds. The van der Waals surface area contributed by atoms with Gasteiger partial charge in [-0.05, 0) is 6.07 Å². The van der Waals surface area contributed by atoms with Crippen molar-refractivity contribution in [1.82, 2.24) is 14.6 Å². The van der Waals surface area contributed by atoms with E-state index in [0.717, 1.165) is 0 Å². The number of amides is 1. The van der Waals surface area contributed by atoms with Gasteiger partial charge in [0, 0.05) is 19.2 Å². The highest BCUT2D eigenvalue weighted by Gasteiger charge is 2.38. The number of hydrogen-bond donors (Lipinski definition) is 1. The van der Waals surface area contributed by atoms with Crippen LogP contribution in [-0.4, -0.2) is 39.5 Å². The number of primary amides is 1. The Bertz CT molecular complexity index is 654. The van der Waals surface area contributed by atoms with Crippen LogP contribution in [-0.2, 0) is 0 Å². The molecule has 2 aromatic rings. The summed E-state index contributed by atoms with van der Waals surface area (Å²) in [6.45, 7) is -0.133. The number of carbonyl (C=O) groups is 1. The molecule has 0 aliphatic carbocycles. The SMILES string of the molecule is NC(=O)c1cnn2ccc(N3CCC(F)(F)C3)nc12. The number of halogens is 2. The number of aromatic nitrogens is 3. The van der Waals surface area contributed by atoms with Crippen molar-refractivity contribution in [3.8, 4) is 0 Å². The van der Waals surface area contributed by atoms with Crippen molar-refractivity contribution in [3.63, 3.8) is 0 Å². The molecule has 0 atom stereocenters. The van der Waals surface area contributed by atoms with Gasteiger partial charge in [-0.3, -0.25) is 4.79 Å². The molecule has 100 valence electrons. The van der Waals surface area contributed by atoms with Gasteiger partial charge in [-0.1, -0.05) is 0 Å². The highest BCUT2D eigenvalue weighted by molar-refractivity contribution is 5.98. The lowest BCUT2D eigenvalue weighted by Gasteiger charge is -2.16. The number of fused-ring (bicyclic) bond motifs is 1. The summed E-state index contributed by atoms with van der Waals surface area (Å²) in [6.07, 6.45) is 2.69. The van der Waals surface area contributed by atoms with E-state index in [4.69, 9.17) is 5.73 Å². The molecule has 2 N–H and O–H groups in total. The second-order valence-corrected chi connectivity index (χ2v) is 4.50. The molecule has 0 spiro atoms. The van der Waals surface area contributed by atoms with E-state index in [1.807, 2.05) is 0 Å². The molecular formula is C11H11F2N5O. The molecule has 1 saturated heterocycles. The third kappa shape index (κ3) is 1.98. The minimum absolute atomic E-state index is 0.174. The molecule has 1 fully saturated rings. The Morgan fingerprint density at radius 1 is 1.47 bits per heavy atom. The minimum atomic E-state index is -2.69. The van der Waals surface area contributed by atoms with Crippen LogP contribution >= 0.6 is 0 Å². The molecule has 1 aliphatic heterocycles. The van der Waals surface area contributed by atoms with E-state index < -0.39 is 11.8 Å². The fraction of sp³-hybridized carbons (Fsp3) is 0.364. The number of carbonyl (C=O) groups excluding carboxylic acids is 1. The maximum absolute atomic E-state index is 13.2. The molecule has 19 heavy (non-hydrogen) atoms. The molecule has 1 aliphatic rings. The van der Waals surface area contributed by atoms with Gasteiger partial charge in [0.2, 0.25) is 0 Å². The number of rotatable bonds is 2. The zero-order chi connectivity index (χ0) is 13.6. The van der Waals surface area contributed by atoms with Crippen molar-refractivity contribution in [1.29, 1.82) is 0 Å². The Balaban J connectivity index is 2.01. The Morgan fingerprint density at radius 2 is 2.26 bits per heavy atom. The van der Waals surface area contributed by atoms with Crippen LogP contribution in [0.2, 0.25) is 0 Å². The fourth-order valence-corrected chi connectivity index (χ4v) is 2.14. The van der Waals surface area contributed by atoms with Crippen LogP contribution in [0.15, 0.2) is 18.5 Å². The third-order valence-electron chi connectivity index (χ3n) is 3.11. The average Bonchev–Trinajstić information content (AvgIpc) is 2.91. The molecule has 2 aromatic heterocycles. The van der Waals surface area contributed by atoms with Crippen LogP contribution in [0.1, 0.15) is 16.8 Å². The van der Waals surface area contributed by atoms with Gasteiger partial charge in [-0.2, -0.15) is 5.10 Å². The molecule has 8 heteroatoms. The minimum Gasteiger partial charge on any atom is -0.365 e. The summed E-state index contributed by atoms with van der Waals surface area (Å²) in [5.74, 6) is -2.94. The van der Waals surface area contributed by atoms with Crippen molar-refractivity contribution in [2.75, 3.05) is 18.0 Å². The van der Waals surface area contributed by atoms with Crippen molar-refractivity contribution in [3.05, 3.63) is 24.0 Å². The largest absolute Gasteiger partial charge is 0.365 e. The molecule has 3 rings (SSSR count). The van der Waals surface area contributed by atoms with Gasteiger partial charge < -0.3 is 10.6 Å². The lowest BCUT2D eigenvalue weighted by molar-refractivity contribution is 0.0256. The van der Waals surface area contributed by atoms with Crippen molar-refractivity contribution in [2.45, 2.75) is 12.3 Å². The summed E-state index contributed by atoms with van der Waals surface area (Å²) < 4.78 is 27.7.